The highest BCUT2D eigenvalue weighted by Crippen LogP contribution is 2.61. The number of allylic oxidation sites excluding steroid dienone is 1. The predicted molar refractivity (Wildman–Crippen MR) is 100 cm³/mol. The molecule has 2 N–H and O–H groups in total. The summed E-state index contributed by atoms with van der Waals surface area (Å²) in [6.07, 6.45) is 9.65. The first kappa shape index (κ1) is 19.4. The molecule has 2 fully saturated rings. The minimum atomic E-state index is -0.533. The Hall–Kier alpha value is -1.36. The molecular formula is C21H33NO4. The Bertz CT molecular complexity index is 601. The maximum absolute atomic E-state index is 12.8. The molecule has 0 aliphatic heterocycles. The second-order valence-corrected chi connectivity index (χ2v) is 8.87. The number of aliphatic hydroxyl groups excluding tert-OH is 1. The van der Waals surface area contributed by atoms with Crippen LogP contribution in [0.15, 0.2) is 16.8 Å². The van der Waals surface area contributed by atoms with Crippen molar-refractivity contribution < 1.29 is 19.8 Å². The van der Waals surface area contributed by atoms with Crippen LogP contribution in [0, 0.1) is 28.6 Å². The molecule has 0 aromatic heterocycles. The Balaban J connectivity index is 1.94. The third kappa shape index (κ3) is 3.08. The van der Waals surface area contributed by atoms with E-state index in [1.165, 1.54) is 11.8 Å². The van der Waals surface area contributed by atoms with Gasteiger partial charge in [-0.2, -0.15) is 0 Å². The van der Waals surface area contributed by atoms with Crippen LogP contribution in [-0.2, 0) is 9.53 Å². The summed E-state index contributed by atoms with van der Waals surface area (Å²) in [7, 11) is 0. The summed E-state index contributed by atoms with van der Waals surface area (Å²) in [5.74, 6) is 0.876. The predicted octanol–water partition coefficient (Wildman–Crippen LogP) is 3.93. The van der Waals surface area contributed by atoms with Gasteiger partial charge in [0.1, 0.15) is 0 Å². The zero-order chi connectivity index (χ0) is 18.9. The number of hydrogen-bond acceptors (Lipinski definition) is 5. The van der Waals surface area contributed by atoms with E-state index >= 15 is 0 Å². The van der Waals surface area contributed by atoms with Crippen molar-refractivity contribution in [2.45, 2.75) is 71.8 Å². The van der Waals surface area contributed by atoms with Crippen LogP contribution in [0.4, 0.5) is 0 Å². The quantitative estimate of drug-likeness (QED) is 0.261. The Labute approximate surface area is 156 Å². The Morgan fingerprint density at radius 2 is 2.15 bits per heavy atom. The zero-order valence-corrected chi connectivity index (χ0v) is 16.3. The van der Waals surface area contributed by atoms with E-state index < -0.39 is 5.41 Å². The first-order valence-corrected chi connectivity index (χ1v) is 10.1. The molecule has 3 aliphatic rings. The van der Waals surface area contributed by atoms with Crippen molar-refractivity contribution in [1.82, 2.24) is 0 Å². The first-order valence-electron chi connectivity index (χ1n) is 10.1. The van der Waals surface area contributed by atoms with Gasteiger partial charge in [-0.05, 0) is 82.0 Å². The molecule has 146 valence electrons. The number of fused-ring (bicyclic) bond motifs is 3. The molecule has 0 spiro atoms. The largest absolute Gasteiger partial charge is 0.466 e. The van der Waals surface area contributed by atoms with E-state index in [9.17, 15) is 9.90 Å². The molecule has 3 aliphatic carbocycles. The van der Waals surface area contributed by atoms with Gasteiger partial charge in [0.2, 0.25) is 0 Å². The average molecular weight is 363 g/mol. The summed E-state index contributed by atoms with van der Waals surface area (Å²) in [5.41, 5.74) is 0.993. The van der Waals surface area contributed by atoms with Gasteiger partial charge < -0.3 is 15.1 Å². The number of esters is 1. The van der Waals surface area contributed by atoms with Crippen molar-refractivity contribution in [2.24, 2.45) is 33.7 Å². The molecule has 0 radical (unpaired) electrons. The lowest BCUT2D eigenvalue weighted by molar-refractivity contribution is -0.166. The average Bonchev–Trinajstić information content (AvgIpc) is 2.61. The summed E-state index contributed by atoms with van der Waals surface area (Å²) >= 11 is 0. The standard InChI is InChI=1S/C21H33NO4/c1-4-26-19(24)21(3)11-8-17-16(18(21)9-12-22-25)6-5-14-13-15(23)7-10-20(14,17)2/h5,12,15-18,23,25H,4,6-11,13H2,1-3H3/b22-12-/t15-,16+,17?,18-,20-,21-/m0/s1. The topological polar surface area (TPSA) is 79.1 Å². The van der Waals surface area contributed by atoms with Gasteiger partial charge >= 0.3 is 5.97 Å². The highest BCUT2D eigenvalue weighted by Gasteiger charge is 2.57. The molecule has 0 heterocycles. The van der Waals surface area contributed by atoms with E-state index in [2.05, 4.69) is 18.2 Å². The van der Waals surface area contributed by atoms with Crippen molar-refractivity contribution >= 4 is 12.2 Å². The second kappa shape index (κ2) is 7.34. The van der Waals surface area contributed by atoms with Gasteiger partial charge in [-0.3, -0.25) is 4.79 Å². The van der Waals surface area contributed by atoms with Crippen molar-refractivity contribution in [3.05, 3.63) is 11.6 Å². The number of oxime groups is 1. The smallest absolute Gasteiger partial charge is 0.312 e. The minimum absolute atomic E-state index is 0.109. The number of carbonyl (C=O) groups is 1. The van der Waals surface area contributed by atoms with Crippen LogP contribution >= 0.6 is 0 Å². The summed E-state index contributed by atoms with van der Waals surface area (Å²) in [6, 6.07) is 0. The fraction of sp³-hybridized carbons (Fsp3) is 0.810. The molecule has 0 aromatic carbocycles. The molecule has 6 atom stereocenters. The van der Waals surface area contributed by atoms with Crippen LogP contribution in [0.5, 0.6) is 0 Å². The Kier molecular flexibility index (Phi) is 5.48. The van der Waals surface area contributed by atoms with Crippen molar-refractivity contribution in [3.8, 4) is 0 Å². The lowest BCUT2D eigenvalue weighted by atomic mass is 9.47. The van der Waals surface area contributed by atoms with Crippen molar-refractivity contribution in [2.75, 3.05) is 6.61 Å². The van der Waals surface area contributed by atoms with Crippen LogP contribution in [-0.4, -0.2) is 35.2 Å². The number of carbonyl (C=O) groups excluding carboxylic acids is 1. The molecule has 0 aromatic rings. The highest BCUT2D eigenvalue weighted by molar-refractivity contribution is 5.78. The zero-order valence-electron chi connectivity index (χ0n) is 16.3. The van der Waals surface area contributed by atoms with Crippen LogP contribution in [0.1, 0.15) is 65.7 Å². The van der Waals surface area contributed by atoms with Gasteiger partial charge in [0, 0.05) is 6.21 Å². The van der Waals surface area contributed by atoms with Gasteiger partial charge in [-0.1, -0.05) is 18.6 Å². The molecule has 0 amide bonds. The molecule has 5 nitrogen and oxygen atoms in total. The van der Waals surface area contributed by atoms with E-state index in [-0.39, 0.29) is 23.4 Å². The van der Waals surface area contributed by atoms with Crippen molar-refractivity contribution in [1.29, 1.82) is 0 Å². The number of rotatable bonds is 4. The normalized spacial score (nSPS) is 42.7. The highest BCUT2D eigenvalue weighted by atomic mass is 16.5. The molecule has 3 rings (SSSR count). The number of aliphatic hydroxyl groups is 1. The molecule has 0 saturated heterocycles. The monoisotopic (exact) mass is 363 g/mol. The number of nitrogens with zero attached hydrogens (tertiary/aromatic N) is 1. The summed E-state index contributed by atoms with van der Waals surface area (Å²) in [6.45, 7) is 6.62. The fourth-order valence-electron chi connectivity index (χ4n) is 6.11. The first-order chi connectivity index (χ1) is 12.4. The maximum Gasteiger partial charge on any atom is 0.312 e. The summed E-state index contributed by atoms with van der Waals surface area (Å²) in [4.78, 5) is 12.8. The maximum atomic E-state index is 12.8. The molecule has 5 heteroatoms. The van der Waals surface area contributed by atoms with E-state index in [0.717, 1.165) is 38.5 Å². The molecule has 0 bridgehead atoms. The Morgan fingerprint density at radius 3 is 2.85 bits per heavy atom. The lowest BCUT2D eigenvalue weighted by Gasteiger charge is -2.57. The van der Waals surface area contributed by atoms with Gasteiger partial charge in [0.05, 0.1) is 18.1 Å². The third-order valence-electron chi connectivity index (χ3n) is 7.65. The van der Waals surface area contributed by atoms with E-state index in [1.54, 1.807) is 0 Å². The SMILES string of the molecule is CCOC(=O)[C@@]1(C)CCC2[C@@H](CC=C3C[C@@H](O)CC[C@@]32C)[C@@H]1C/C=N\O. The molecular weight excluding hydrogens is 330 g/mol. The van der Waals surface area contributed by atoms with Gasteiger partial charge in [0.25, 0.3) is 0 Å². The molecule has 26 heavy (non-hydrogen) atoms. The van der Waals surface area contributed by atoms with E-state index in [1.807, 2.05) is 13.8 Å². The van der Waals surface area contributed by atoms with Crippen LogP contribution in [0.25, 0.3) is 0 Å². The van der Waals surface area contributed by atoms with Gasteiger partial charge in [-0.15, -0.1) is 5.16 Å². The van der Waals surface area contributed by atoms with E-state index in [0.29, 0.717) is 24.9 Å². The number of hydrogen-bond donors (Lipinski definition) is 2. The van der Waals surface area contributed by atoms with E-state index in [4.69, 9.17) is 9.94 Å². The van der Waals surface area contributed by atoms with Crippen LogP contribution < -0.4 is 0 Å². The fourth-order valence-corrected chi connectivity index (χ4v) is 6.11. The minimum Gasteiger partial charge on any atom is -0.466 e. The Morgan fingerprint density at radius 1 is 1.38 bits per heavy atom. The van der Waals surface area contributed by atoms with Crippen molar-refractivity contribution in [3.63, 3.8) is 0 Å². The van der Waals surface area contributed by atoms with Crippen LogP contribution in [0.3, 0.4) is 0 Å². The summed E-state index contributed by atoms with van der Waals surface area (Å²) in [5, 5.41) is 22.3. The molecule has 1 unspecified atom stereocenters. The third-order valence-corrected chi connectivity index (χ3v) is 7.65. The summed E-state index contributed by atoms with van der Waals surface area (Å²) < 4.78 is 5.43. The van der Waals surface area contributed by atoms with Gasteiger partial charge in [0.15, 0.2) is 0 Å². The van der Waals surface area contributed by atoms with Gasteiger partial charge in [-0.25, -0.2) is 0 Å². The number of ether oxygens (including phenoxy) is 1. The van der Waals surface area contributed by atoms with Crippen LogP contribution in [0.2, 0.25) is 0 Å². The lowest BCUT2D eigenvalue weighted by Crippen LogP contribution is -2.53. The second-order valence-electron chi connectivity index (χ2n) is 8.87. The molecule has 2 saturated carbocycles.